The van der Waals surface area contributed by atoms with Gasteiger partial charge < -0.3 is 11.1 Å². The number of benzene rings is 1. The summed E-state index contributed by atoms with van der Waals surface area (Å²) in [5.74, 6) is -1.49. The number of hydrogen-bond donors (Lipinski definition) is 2. The predicted molar refractivity (Wildman–Crippen MR) is 76.8 cm³/mol. The molecule has 1 amide bonds. The Bertz CT molecular complexity index is 681. The molecule has 3 N–H and O–H groups in total. The number of likely N-dealkylation sites (N-methyl/N-ethyl adjacent to an activating group) is 1. The summed E-state index contributed by atoms with van der Waals surface area (Å²) < 4.78 is 40.2. The van der Waals surface area contributed by atoms with Gasteiger partial charge in [0.1, 0.15) is 10.9 Å². The Hall–Kier alpha value is -1.38. The molecule has 9 heteroatoms. The normalized spacial score (nSPS) is 19.7. The predicted octanol–water partition coefficient (Wildman–Crippen LogP) is 0.960. The van der Waals surface area contributed by atoms with E-state index in [-0.39, 0.29) is 17.3 Å². The Morgan fingerprint density at radius 2 is 2.19 bits per heavy atom. The van der Waals surface area contributed by atoms with E-state index in [1.807, 2.05) is 0 Å². The van der Waals surface area contributed by atoms with Crippen LogP contribution in [0, 0.1) is 5.82 Å². The number of sulfonamides is 1. The first-order valence-corrected chi connectivity index (χ1v) is 8.08. The summed E-state index contributed by atoms with van der Waals surface area (Å²) in [5.41, 5.74) is 5.57. The molecular formula is C12H15ClFN3O3S. The number of carbonyl (C=O) groups is 1. The number of anilines is 1. The van der Waals surface area contributed by atoms with Crippen LogP contribution in [-0.4, -0.2) is 38.3 Å². The third kappa shape index (κ3) is 2.83. The second kappa shape index (κ2) is 5.78. The molecule has 2 rings (SSSR count). The molecule has 0 saturated carbocycles. The third-order valence-corrected chi connectivity index (χ3v) is 5.54. The quantitative estimate of drug-likeness (QED) is 0.805. The molecule has 0 spiro atoms. The van der Waals surface area contributed by atoms with Gasteiger partial charge in [0.25, 0.3) is 0 Å². The average Bonchev–Trinajstić information content (AvgIpc) is 2.91. The van der Waals surface area contributed by atoms with E-state index in [9.17, 15) is 17.6 Å². The molecule has 1 atom stereocenters. The molecule has 6 nitrogen and oxygen atoms in total. The zero-order valence-electron chi connectivity index (χ0n) is 11.3. The Morgan fingerprint density at radius 1 is 1.52 bits per heavy atom. The molecule has 1 fully saturated rings. The van der Waals surface area contributed by atoms with E-state index in [1.165, 1.54) is 7.05 Å². The maximum Gasteiger partial charge on any atom is 0.246 e. The molecule has 0 bridgehead atoms. The SMILES string of the molecule is CNC(=O)C1CCCN1S(=O)(=O)c1cc(N)cc(Cl)c1F. The van der Waals surface area contributed by atoms with Crippen LogP contribution in [-0.2, 0) is 14.8 Å². The fourth-order valence-corrected chi connectivity index (χ4v) is 4.42. The molecule has 1 unspecified atom stereocenters. The minimum Gasteiger partial charge on any atom is -0.399 e. The minimum atomic E-state index is -4.19. The monoisotopic (exact) mass is 335 g/mol. The summed E-state index contributed by atoms with van der Waals surface area (Å²) in [4.78, 5) is 11.2. The first kappa shape index (κ1) is 16.0. The largest absolute Gasteiger partial charge is 0.399 e. The number of nitrogens with one attached hydrogen (secondary N) is 1. The molecule has 1 heterocycles. The van der Waals surface area contributed by atoms with Gasteiger partial charge in [0.2, 0.25) is 15.9 Å². The Morgan fingerprint density at radius 3 is 2.81 bits per heavy atom. The van der Waals surface area contributed by atoms with Crippen molar-refractivity contribution in [3.63, 3.8) is 0 Å². The van der Waals surface area contributed by atoms with Crippen molar-refractivity contribution in [3.8, 4) is 0 Å². The number of nitrogens with zero attached hydrogens (tertiary/aromatic N) is 1. The summed E-state index contributed by atoms with van der Waals surface area (Å²) in [6.07, 6.45) is 0.908. The molecule has 1 aromatic carbocycles. The molecule has 1 aliphatic rings. The lowest BCUT2D eigenvalue weighted by Crippen LogP contribution is -2.45. The van der Waals surface area contributed by atoms with Crippen LogP contribution in [0.25, 0.3) is 0 Å². The van der Waals surface area contributed by atoms with E-state index in [0.29, 0.717) is 12.8 Å². The lowest BCUT2D eigenvalue weighted by molar-refractivity contribution is -0.123. The molecule has 116 valence electrons. The van der Waals surface area contributed by atoms with Gasteiger partial charge in [0.05, 0.1) is 5.02 Å². The summed E-state index contributed by atoms with van der Waals surface area (Å²) >= 11 is 5.64. The van der Waals surface area contributed by atoms with E-state index in [1.54, 1.807) is 0 Å². The van der Waals surface area contributed by atoms with Crippen LogP contribution >= 0.6 is 11.6 Å². The highest BCUT2D eigenvalue weighted by Crippen LogP contribution is 2.31. The Kier molecular flexibility index (Phi) is 4.40. The number of nitrogens with two attached hydrogens (primary N) is 1. The van der Waals surface area contributed by atoms with Crippen LogP contribution in [0.2, 0.25) is 5.02 Å². The first-order valence-electron chi connectivity index (χ1n) is 6.27. The first-order chi connectivity index (χ1) is 9.78. The average molecular weight is 336 g/mol. The smallest absolute Gasteiger partial charge is 0.246 e. The van der Waals surface area contributed by atoms with Gasteiger partial charge in [-0.15, -0.1) is 0 Å². The standard InChI is InChI=1S/C12H15ClFN3O3S/c1-16-12(18)9-3-2-4-17(9)21(19,20)10-6-7(15)5-8(13)11(10)14/h5-6,9H,2-4,15H2,1H3,(H,16,18). The minimum absolute atomic E-state index is 0.0377. The topological polar surface area (TPSA) is 92.5 Å². The molecular weight excluding hydrogens is 321 g/mol. The summed E-state index contributed by atoms with van der Waals surface area (Å²) in [5, 5.41) is 2.04. The highest BCUT2D eigenvalue weighted by atomic mass is 35.5. The zero-order valence-corrected chi connectivity index (χ0v) is 12.8. The Labute approximate surface area is 127 Å². The number of nitrogen functional groups attached to an aromatic ring is 1. The van der Waals surface area contributed by atoms with Crippen LogP contribution < -0.4 is 11.1 Å². The van der Waals surface area contributed by atoms with Crippen molar-refractivity contribution in [3.05, 3.63) is 23.0 Å². The van der Waals surface area contributed by atoms with Gasteiger partial charge in [-0.3, -0.25) is 4.79 Å². The summed E-state index contributed by atoms with van der Waals surface area (Å²) in [6.45, 7) is 0.145. The molecule has 1 aromatic rings. The highest BCUT2D eigenvalue weighted by molar-refractivity contribution is 7.89. The van der Waals surface area contributed by atoms with Crippen molar-refractivity contribution in [2.45, 2.75) is 23.8 Å². The molecule has 1 aliphatic heterocycles. The Balaban J connectivity index is 2.50. The fraction of sp³-hybridized carbons (Fsp3) is 0.417. The van der Waals surface area contributed by atoms with Gasteiger partial charge in [-0.2, -0.15) is 4.31 Å². The molecule has 0 radical (unpaired) electrons. The lowest BCUT2D eigenvalue weighted by atomic mass is 10.2. The van der Waals surface area contributed by atoms with Gasteiger partial charge in [0.15, 0.2) is 5.82 Å². The van der Waals surface area contributed by atoms with Crippen LogP contribution in [0.3, 0.4) is 0 Å². The van der Waals surface area contributed by atoms with Gasteiger partial charge in [-0.05, 0) is 25.0 Å². The van der Waals surface area contributed by atoms with Gasteiger partial charge in [0, 0.05) is 19.3 Å². The van der Waals surface area contributed by atoms with E-state index < -0.39 is 32.7 Å². The number of halogens is 2. The molecule has 1 saturated heterocycles. The summed E-state index contributed by atoms with van der Waals surface area (Å²) in [6, 6.07) is 1.30. The lowest BCUT2D eigenvalue weighted by Gasteiger charge is -2.23. The van der Waals surface area contributed by atoms with Crippen LogP contribution in [0.15, 0.2) is 17.0 Å². The molecule has 21 heavy (non-hydrogen) atoms. The maximum atomic E-state index is 14.0. The second-order valence-corrected chi connectivity index (χ2v) is 6.97. The zero-order chi connectivity index (χ0) is 15.8. The number of amides is 1. The van der Waals surface area contributed by atoms with Gasteiger partial charge in [-0.1, -0.05) is 11.6 Å². The number of carbonyl (C=O) groups excluding carboxylic acids is 1. The van der Waals surface area contributed by atoms with Gasteiger partial charge in [-0.25, -0.2) is 12.8 Å². The second-order valence-electron chi connectivity index (χ2n) is 4.70. The van der Waals surface area contributed by atoms with Crippen LogP contribution in [0.1, 0.15) is 12.8 Å². The summed E-state index contributed by atoms with van der Waals surface area (Å²) in [7, 11) is -2.77. The van der Waals surface area contributed by atoms with Crippen molar-refractivity contribution in [2.24, 2.45) is 0 Å². The van der Waals surface area contributed by atoms with E-state index in [0.717, 1.165) is 16.4 Å². The number of rotatable bonds is 3. The van der Waals surface area contributed by atoms with E-state index in [4.69, 9.17) is 17.3 Å². The third-order valence-electron chi connectivity index (χ3n) is 3.36. The van der Waals surface area contributed by atoms with Crippen molar-refractivity contribution in [1.29, 1.82) is 0 Å². The van der Waals surface area contributed by atoms with Gasteiger partial charge >= 0.3 is 0 Å². The number of hydrogen-bond acceptors (Lipinski definition) is 4. The fourth-order valence-electron chi connectivity index (χ4n) is 2.35. The molecule has 0 aliphatic carbocycles. The molecule has 0 aromatic heterocycles. The van der Waals surface area contributed by atoms with E-state index in [2.05, 4.69) is 5.32 Å². The van der Waals surface area contributed by atoms with E-state index >= 15 is 0 Å². The highest BCUT2D eigenvalue weighted by Gasteiger charge is 2.40. The van der Waals surface area contributed by atoms with Crippen molar-refractivity contribution >= 4 is 33.2 Å². The van der Waals surface area contributed by atoms with Crippen molar-refractivity contribution < 1.29 is 17.6 Å². The maximum absolute atomic E-state index is 14.0. The van der Waals surface area contributed by atoms with Crippen LogP contribution in [0.4, 0.5) is 10.1 Å². The van der Waals surface area contributed by atoms with Crippen molar-refractivity contribution in [2.75, 3.05) is 19.3 Å². The van der Waals surface area contributed by atoms with Crippen LogP contribution in [0.5, 0.6) is 0 Å². The van der Waals surface area contributed by atoms with Crippen molar-refractivity contribution in [1.82, 2.24) is 9.62 Å².